The molecule has 0 atom stereocenters. The number of hydrogen-bond donors (Lipinski definition) is 1. The van der Waals surface area contributed by atoms with E-state index < -0.39 is 4.92 Å². The first kappa shape index (κ1) is 15.9. The topological polar surface area (TPSA) is 103 Å². The molecule has 0 unspecified atom stereocenters. The SMILES string of the molecule is O=C(CCn1cnc([N+](=O)[O-])c1)Nc1cc(Cl)cc2cccnc12. The van der Waals surface area contributed by atoms with Gasteiger partial charge < -0.3 is 20.0 Å². The summed E-state index contributed by atoms with van der Waals surface area (Å²) in [5.74, 6) is -0.499. The molecule has 122 valence electrons. The molecular formula is C15H12ClN5O3. The van der Waals surface area contributed by atoms with Crippen molar-refractivity contribution in [1.29, 1.82) is 0 Å². The van der Waals surface area contributed by atoms with Crippen LogP contribution >= 0.6 is 11.6 Å². The molecule has 24 heavy (non-hydrogen) atoms. The molecule has 0 saturated carbocycles. The number of anilines is 1. The number of aromatic nitrogens is 3. The molecule has 1 amide bonds. The van der Waals surface area contributed by atoms with Crippen LogP contribution in [-0.4, -0.2) is 25.4 Å². The quantitative estimate of drug-likeness (QED) is 0.565. The maximum absolute atomic E-state index is 12.1. The zero-order chi connectivity index (χ0) is 17.1. The molecule has 1 aromatic carbocycles. The van der Waals surface area contributed by atoms with E-state index in [0.29, 0.717) is 16.2 Å². The number of amides is 1. The van der Waals surface area contributed by atoms with Gasteiger partial charge in [-0.25, -0.2) is 0 Å². The molecule has 8 nitrogen and oxygen atoms in total. The van der Waals surface area contributed by atoms with Gasteiger partial charge in [-0.1, -0.05) is 17.7 Å². The standard InChI is InChI=1S/C15H12ClN5O3/c16-11-6-10-2-1-4-17-15(10)12(7-11)19-14(22)3-5-20-8-13(18-9-20)21(23)24/h1-2,4,6-9H,3,5H2,(H,19,22). The number of rotatable bonds is 5. The molecule has 9 heteroatoms. The Morgan fingerprint density at radius 1 is 1.38 bits per heavy atom. The fraction of sp³-hybridized carbons (Fsp3) is 0.133. The van der Waals surface area contributed by atoms with E-state index in [0.717, 1.165) is 5.39 Å². The van der Waals surface area contributed by atoms with Gasteiger partial charge in [0.25, 0.3) is 0 Å². The molecule has 2 heterocycles. The first-order chi connectivity index (χ1) is 11.5. The van der Waals surface area contributed by atoms with Crippen LogP contribution in [0.2, 0.25) is 5.02 Å². The third-order valence-corrected chi connectivity index (χ3v) is 3.57. The maximum atomic E-state index is 12.1. The summed E-state index contributed by atoms with van der Waals surface area (Å²) < 4.78 is 1.49. The molecular weight excluding hydrogens is 334 g/mol. The second-order valence-corrected chi connectivity index (χ2v) is 5.49. The number of carbonyl (C=O) groups is 1. The summed E-state index contributed by atoms with van der Waals surface area (Å²) in [6.45, 7) is 0.276. The van der Waals surface area contributed by atoms with Crippen molar-refractivity contribution >= 4 is 39.9 Å². The van der Waals surface area contributed by atoms with Gasteiger partial charge in [-0.2, -0.15) is 0 Å². The van der Waals surface area contributed by atoms with Crippen LogP contribution in [0, 0.1) is 10.1 Å². The van der Waals surface area contributed by atoms with E-state index >= 15 is 0 Å². The lowest BCUT2D eigenvalue weighted by Crippen LogP contribution is -2.14. The number of hydrogen-bond acceptors (Lipinski definition) is 5. The molecule has 0 fully saturated rings. The van der Waals surface area contributed by atoms with Crippen molar-refractivity contribution in [2.75, 3.05) is 5.32 Å². The fourth-order valence-corrected chi connectivity index (χ4v) is 2.49. The normalized spacial score (nSPS) is 10.7. The first-order valence-electron chi connectivity index (χ1n) is 7.03. The van der Waals surface area contributed by atoms with Gasteiger partial charge in [0.15, 0.2) is 0 Å². The smallest absolute Gasteiger partial charge is 0.358 e. The second kappa shape index (κ2) is 6.63. The van der Waals surface area contributed by atoms with E-state index in [1.165, 1.54) is 17.1 Å². The van der Waals surface area contributed by atoms with Crippen LogP contribution in [0.1, 0.15) is 6.42 Å². The third kappa shape index (κ3) is 3.49. The van der Waals surface area contributed by atoms with Crippen molar-refractivity contribution in [1.82, 2.24) is 14.5 Å². The number of nitrogens with zero attached hydrogens (tertiary/aromatic N) is 4. The Hall–Kier alpha value is -3.00. The first-order valence-corrected chi connectivity index (χ1v) is 7.41. The number of fused-ring (bicyclic) bond motifs is 1. The minimum Gasteiger partial charge on any atom is -0.358 e. The maximum Gasteiger partial charge on any atom is 0.381 e. The van der Waals surface area contributed by atoms with E-state index in [1.807, 2.05) is 6.07 Å². The van der Waals surface area contributed by atoms with Gasteiger partial charge in [0.05, 0.1) is 11.2 Å². The number of halogens is 1. The summed E-state index contributed by atoms with van der Waals surface area (Å²) >= 11 is 6.06. The molecule has 0 aliphatic rings. The lowest BCUT2D eigenvalue weighted by Gasteiger charge is -2.09. The Morgan fingerprint density at radius 2 is 2.21 bits per heavy atom. The highest BCUT2D eigenvalue weighted by molar-refractivity contribution is 6.32. The van der Waals surface area contributed by atoms with Gasteiger partial charge >= 0.3 is 5.82 Å². The molecule has 2 aromatic heterocycles. The van der Waals surface area contributed by atoms with Crippen molar-refractivity contribution < 1.29 is 9.72 Å². The number of benzene rings is 1. The number of nitro groups is 1. The lowest BCUT2D eigenvalue weighted by atomic mass is 10.2. The average molecular weight is 346 g/mol. The van der Waals surface area contributed by atoms with Crippen molar-refractivity contribution in [3.63, 3.8) is 0 Å². The molecule has 0 saturated heterocycles. The predicted molar refractivity (Wildman–Crippen MR) is 88.9 cm³/mol. The number of nitrogens with one attached hydrogen (secondary N) is 1. The van der Waals surface area contributed by atoms with Crippen LogP contribution in [0.3, 0.4) is 0 Å². The van der Waals surface area contributed by atoms with E-state index in [4.69, 9.17) is 11.6 Å². The average Bonchev–Trinajstić information content (AvgIpc) is 3.02. The Bertz CT molecular complexity index is 924. The zero-order valence-electron chi connectivity index (χ0n) is 12.3. The molecule has 0 radical (unpaired) electrons. The minimum absolute atomic E-state index is 0.133. The van der Waals surface area contributed by atoms with Crippen LogP contribution < -0.4 is 5.32 Å². The van der Waals surface area contributed by atoms with Gasteiger partial charge in [-0.05, 0) is 28.1 Å². The summed E-state index contributed by atoms with van der Waals surface area (Å²) in [6, 6.07) is 7.05. The van der Waals surface area contributed by atoms with E-state index in [1.54, 1.807) is 24.4 Å². The molecule has 3 rings (SSSR count). The van der Waals surface area contributed by atoms with Gasteiger partial charge in [-0.3, -0.25) is 9.78 Å². The van der Waals surface area contributed by atoms with Crippen molar-refractivity contribution in [2.24, 2.45) is 0 Å². The van der Waals surface area contributed by atoms with Crippen molar-refractivity contribution in [3.8, 4) is 0 Å². The monoisotopic (exact) mass is 345 g/mol. The van der Waals surface area contributed by atoms with Crippen LogP contribution in [0.4, 0.5) is 11.5 Å². The van der Waals surface area contributed by atoms with Gasteiger partial charge in [0.1, 0.15) is 6.20 Å². The third-order valence-electron chi connectivity index (χ3n) is 3.35. The molecule has 0 bridgehead atoms. The van der Waals surface area contributed by atoms with Crippen molar-refractivity contribution in [3.05, 3.63) is 58.1 Å². The van der Waals surface area contributed by atoms with Gasteiger partial charge in [0, 0.05) is 29.6 Å². The predicted octanol–water partition coefficient (Wildman–Crippen LogP) is 3.02. The fourth-order valence-electron chi connectivity index (χ4n) is 2.26. The molecule has 3 aromatic rings. The highest BCUT2D eigenvalue weighted by Crippen LogP contribution is 2.26. The minimum atomic E-state index is -0.583. The number of aryl methyl sites for hydroxylation is 1. The molecule has 1 N–H and O–H groups in total. The van der Waals surface area contributed by atoms with Crippen LogP contribution in [0.15, 0.2) is 43.0 Å². The zero-order valence-corrected chi connectivity index (χ0v) is 13.1. The number of pyridine rings is 1. The summed E-state index contributed by atoms with van der Waals surface area (Å²) in [6.07, 6.45) is 4.37. The Morgan fingerprint density at radius 3 is 2.96 bits per heavy atom. The van der Waals surface area contributed by atoms with Gasteiger partial charge in [0.2, 0.25) is 12.2 Å². The number of carbonyl (C=O) groups excluding carboxylic acids is 1. The largest absolute Gasteiger partial charge is 0.381 e. The van der Waals surface area contributed by atoms with E-state index in [9.17, 15) is 14.9 Å². The Balaban J connectivity index is 1.69. The van der Waals surface area contributed by atoms with Crippen molar-refractivity contribution in [2.45, 2.75) is 13.0 Å². The summed E-state index contributed by atoms with van der Waals surface area (Å²) in [7, 11) is 0. The summed E-state index contributed by atoms with van der Waals surface area (Å²) in [4.78, 5) is 30.0. The van der Waals surface area contributed by atoms with Crippen LogP contribution in [0.25, 0.3) is 10.9 Å². The molecule has 0 spiro atoms. The lowest BCUT2D eigenvalue weighted by molar-refractivity contribution is -0.389. The summed E-state index contributed by atoms with van der Waals surface area (Å²) in [5, 5.41) is 14.7. The molecule has 0 aliphatic heterocycles. The van der Waals surface area contributed by atoms with Crippen LogP contribution in [-0.2, 0) is 11.3 Å². The second-order valence-electron chi connectivity index (χ2n) is 5.05. The van der Waals surface area contributed by atoms with Crippen LogP contribution in [0.5, 0.6) is 0 Å². The number of imidazole rings is 1. The highest BCUT2D eigenvalue weighted by atomic mass is 35.5. The van der Waals surface area contributed by atoms with E-state index in [-0.39, 0.29) is 24.7 Å². The summed E-state index contributed by atoms with van der Waals surface area (Å²) in [5.41, 5.74) is 1.17. The highest BCUT2D eigenvalue weighted by Gasteiger charge is 2.12. The molecule has 0 aliphatic carbocycles. The Kier molecular flexibility index (Phi) is 4.39. The van der Waals surface area contributed by atoms with E-state index in [2.05, 4.69) is 15.3 Å². The Labute approximate surface area is 141 Å². The van der Waals surface area contributed by atoms with Gasteiger partial charge in [-0.15, -0.1) is 0 Å².